The van der Waals surface area contributed by atoms with Crippen LogP contribution in [0.25, 0.3) is 0 Å². The molecule has 0 saturated carbocycles. The van der Waals surface area contributed by atoms with Crippen molar-refractivity contribution in [1.29, 1.82) is 0 Å². The van der Waals surface area contributed by atoms with Crippen LogP contribution in [0, 0.1) is 5.92 Å². The summed E-state index contributed by atoms with van der Waals surface area (Å²) in [5, 5.41) is 0.485. The summed E-state index contributed by atoms with van der Waals surface area (Å²) in [5.74, 6) is -0.340. The van der Waals surface area contributed by atoms with Gasteiger partial charge in [0.2, 0.25) is 15.8 Å². The van der Waals surface area contributed by atoms with Gasteiger partial charge in [-0.3, -0.25) is 4.79 Å². The zero-order chi connectivity index (χ0) is 16.4. The third-order valence-electron chi connectivity index (χ3n) is 3.92. The molecule has 0 bridgehead atoms. The summed E-state index contributed by atoms with van der Waals surface area (Å²) >= 11 is 5.79. The molecule has 23 heavy (non-hydrogen) atoms. The number of halogens is 1. The van der Waals surface area contributed by atoms with Crippen LogP contribution in [0.3, 0.4) is 0 Å². The number of nitrogens with zero attached hydrogens (tertiary/aromatic N) is 2. The van der Waals surface area contributed by atoms with Crippen LogP contribution in [0.15, 0.2) is 46.0 Å². The number of carbonyl (C=O) groups excluding carboxylic acids is 1. The molecular formula is C15H15ClN2O4S. The summed E-state index contributed by atoms with van der Waals surface area (Å²) < 4.78 is 31.6. The van der Waals surface area contributed by atoms with Gasteiger partial charge >= 0.3 is 0 Å². The van der Waals surface area contributed by atoms with E-state index in [0.29, 0.717) is 31.0 Å². The Hall–Kier alpha value is -1.70. The largest absolute Gasteiger partial charge is 0.442 e. The number of ketones is 1. The quantitative estimate of drug-likeness (QED) is 0.788. The molecule has 1 saturated heterocycles. The van der Waals surface area contributed by atoms with Gasteiger partial charge in [0.05, 0.1) is 11.1 Å². The fraction of sp³-hybridized carbons (Fsp3) is 0.333. The summed E-state index contributed by atoms with van der Waals surface area (Å²) in [6.45, 7) is 0.587. The van der Waals surface area contributed by atoms with E-state index in [0.717, 1.165) is 0 Å². The van der Waals surface area contributed by atoms with Crippen molar-refractivity contribution in [3.05, 3.63) is 47.6 Å². The van der Waals surface area contributed by atoms with E-state index >= 15 is 0 Å². The summed E-state index contributed by atoms with van der Waals surface area (Å²) in [4.78, 5) is 16.2. The number of benzene rings is 1. The Labute approximate surface area is 139 Å². The van der Waals surface area contributed by atoms with Gasteiger partial charge in [0, 0.05) is 24.0 Å². The van der Waals surface area contributed by atoms with Crippen molar-refractivity contribution in [3.8, 4) is 0 Å². The van der Waals surface area contributed by atoms with E-state index in [2.05, 4.69) is 4.98 Å². The first kappa shape index (κ1) is 16.2. The molecule has 0 N–H and O–H groups in total. The van der Waals surface area contributed by atoms with E-state index in [4.69, 9.17) is 16.0 Å². The molecule has 0 unspecified atom stereocenters. The van der Waals surface area contributed by atoms with Crippen molar-refractivity contribution in [3.63, 3.8) is 0 Å². The molecule has 1 aliphatic heterocycles. The molecule has 8 heteroatoms. The molecule has 0 spiro atoms. The number of aromatic nitrogens is 1. The van der Waals surface area contributed by atoms with Crippen molar-refractivity contribution in [1.82, 2.24) is 9.29 Å². The highest BCUT2D eigenvalue weighted by molar-refractivity contribution is 7.89. The van der Waals surface area contributed by atoms with Gasteiger partial charge < -0.3 is 4.42 Å². The molecule has 2 heterocycles. The van der Waals surface area contributed by atoms with Gasteiger partial charge in [-0.1, -0.05) is 11.6 Å². The highest BCUT2D eigenvalue weighted by atomic mass is 35.5. The summed E-state index contributed by atoms with van der Waals surface area (Å²) in [7, 11) is -3.56. The number of carbonyl (C=O) groups is 1. The fourth-order valence-corrected chi connectivity index (χ4v) is 4.23. The van der Waals surface area contributed by atoms with E-state index < -0.39 is 10.0 Å². The lowest BCUT2D eigenvalue weighted by Gasteiger charge is -2.30. The number of hydrogen-bond donors (Lipinski definition) is 0. The highest BCUT2D eigenvalue weighted by Crippen LogP contribution is 2.26. The van der Waals surface area contributed by atoms with E-state index in [9.17, 15) is 13.2 Å². The zero-order valence-electron chi connectivity index (χ0n) is 12.2. The van der Waals surface area contributed by atoms with E-state index in [1.807, 2.05) is 0 Å². The Kier molecular flexibility index (Phi) is 4.52. The van der Waals surface area contributed by atoms with E-state index in [1.165, 1.54) is 28.9 Å². The molecule has 1 aliphatic rings. The van der Waals surface area contributed by atoms with Crippen LogP contribution in [0.2, 0.25) is 5.02 Å². The monoisotopic (exact) mass is 354 g/mol. The maximum Gasteiger partial charge on any atom is 0.263 e. The molecule has 1 aromatic heterocycles. The molecule has 0 atom stereocenters. The fourth-order valence-electron chi connectivity index (χ4n) is 2.63. The third-order valence-corrected chi connectivity index (χ3v) is 6.08. The Morgan fingerprint density at radius 3 is 2.43 bits per heavy atom. The van der Waals surface area contributed by atoms with Crippen LogP contribution in [0.1, 0.15) is 23.5 Å². The first-order valence-electron chi connectivity index (χ1n) is 7.18. The van der Waals surface area contributed by atoms with Crippen molar-refractivity contribution in [2.24, 2.45) is 5.92 Å². The van der Waals surface area contributed by atoms with Crippen LogP contribution in [0.5, 0.6) is 0 Å². The van der Waals surface area contributed by atoms with E-state index in [1.54, 1.807) is 12.1 Å². The van der Waals surface area contributed by atoms with Gasteiger partial charge in [-0.15, -0.1) is 0 Å². The predicted octanol–water partition coefficient (Wildman–Crippen LogP) is 2.61. The van der Waals surface area contributed by atoms with Gasteiger partial charge in [-0.05, 0) is 37.1 Å². The van der Waals surface area contributed by atoms with Gasteiger partial charge in [-0.25, -0.2) is 13.4 Å². The number of rotatable bonds is 4. The Morgan fingerprint density at radius 2 is 1.87 bits per heavy atom. The van der Waals surface area contributed by atoms with Crippen LogP contribution < -0.4 is 0 Å². The average Bonchev–Trinajstić information content (AvgIpc) is 3.09. The minimum atomic E-state index is -3.56. The number of piperidine rings is 1. The second-order valence-corrected chi connectivity index (χ2v) is 7.71. The second kappa shape index (κ2) is 6.43. The van der Waals surface area contributed by atoms with Crippen molar-refractivity contribution in [2.45, 2.75) is 17.7 Å². The normalized spacial score (nSPS) is 17.3. The number of sulfonamides is 1. The molecule has 1 fully saturated rings. The molecule has 3 rings (SSSR count). The number of hydrogen-bond acceptors (Lipinski definition) is 5. The Morgan fingerprint density at radius 1 is 1.22 bits per heavy atom. The minimum absolute atomic E-state index is 0.0870. The smallest absolute Gasteiger partial charge is 0.263 e. The van der Waals surface area contributed by atoms with Gasteiger partial charge in [0.25, 0.3) is 5.89 Å². The molecule has 0 amide bonds. The van der Waals surface area contributed by atoms with Crippen LogP contribution >= 0.6 is 11.6 Å². The lowest BCUT2D eigenvalue weighted by molar-refractivity contribution is 0.0839. The maximum atomic E-state index is 12.6. The van der Waals surface area contributed by atoms with Crippen LogP contribution in [-0.2, 0) is 10.0 Å². The lowest BCUT2D eigenvalue weighted by atomic mass is 9.93. The molecule has 0 aliphatic carbocycles. The number of Topliss-reactive ketones (excluding diaryl/α,β-unsaturated/α-hetero) is 1. The highest BCUT2D eigenvalue weighted by Gasteiger charge is 2.33. The molecule has 2 aromatic rings. The third kappa shape index (κ3) is 3.31. The number of oxazole rings is 1. The topological polar surface area (TPSA) is 80.5 Å². The first-order chi connectivity index (χ1) is 11.0. The van der Waals surface area contributed by atoms with Crippen LogP contribution in [-0.4, -0.2) is 36.6 Å². The van der Waals surface area contributed by atoms with Gasteiger partial charge in [0.15, 0.2) is 0 Å². The van der Waals surface area contributed by atoms with Gasteiger partial charge in [0.1, 0.15) is 6.26 Å². The summed E-state index contributed by atoms with van der Waals surface area (Å²) in [6.07, 6.45) is 3.68. The van der Waals surface area contributed by atoms with Gasteiger partial charge in [-0.2, -0.15) is 4.31 Å². The Bertz CT molecular complexity index is 779. The molecule has 122 valence electrons. The average molecular weight is 355 g/mol. The summed E-state index contributed by atoms with van der Waals surface area (Å²) in [5.41, 5.74) is 0. The lowest BCUT2D eigenvalue weighted by Crippen LogP contribution is -2.40. The molecule has 1 aromatic carbocycles. The van der Waals surface area contributed by atoms with Crippen molar-refractivity contribution in [2.75, 3.05) is 13.1 Å². The van der Waals surface area contributed by atoms with Crippen molar-refractivity contribution >= 4 is 27.4 Å². The molecular weight excluding hydrogens is 340 g/mol. The summed E-state index contributed by atoms with van der Waals surface area (Å²) in [6, 6.07) is 6.07. The standard InChI is InChI=1S/C15H15ClN2O4S/c16-12-1-3-13(4-2-12)23(20,21)18-8-5-11(6-9-18)14(19)15-17-7-10-22-15/h1-4,7,10-11H,5-6,8-9H2. The predicted molar refractivity (Wildman–Crippen MR) is 83.8 cm³/mol. The maximum absolute atomic E-state index is 12.6. The minimum Gasteiger partial charge on any atom is -0.442 e. The second-order valence-electron chi connectivity index (χ2n) is 5.33. The first-order valence-corrected chi connectivity index (χ1v) is 9.00. The van der Waals surface area contributed by atoms with Crippen LogP contribution in [0.4, 0.5) is 0 Å². The SMILES string of the molecule is O=C(c1ncco1)C1CCN(S(=O)(=O)c2ccc(Cl)cc2)CC1. The molecule has 6 nitrogen and oxygen atoms in total. The van der Waals surface area contributed by atoms with Crippen molar-refractivity contribution < 1.29 is 17.6 Å². The molecule has 0 radical (unpaired) electrons. The van der Waals surface area contributed by atoms with E-state index in [-0.39, 0.29) is 22.5 Å². The zero-order valence-corrected chi connectivity index (χ0v) is 13.8. The Balaban J connectivity index is 1.69.